The SMILES string of the molecule is C[C]1C(C)=C(C)C(C)=C1C(F)(F)C(F)(F)F. The van der Waals surface area contributed by atoms with Crippen LogP contribution in [0.25, 0.3) is 0 Å². The van der Waals surface area contributed by atoms with Gasteiger partial charge >= 0.3 is 12.1 Å². The maximum atomic E-state index is 13.3. The van der Waals surface area contributed by atoms with Crippen LogP contribution in [0, 0.1) is 5.92 Å². The Bertz CT molecular complexity index is 370. The summed E-state index contributed by atoms with van der Waals surface area (Å²) in [6, 6.07) is 0. The molecule has 1 radical (unpaired) electrons. The number of halogens is 5. The highest BCUT2D eigenvalue weighted by Gasteiger charge is 2.62. The molecule has 0 nitrogen and oxygen atoms in total. The second-order valence-electron chi connectivity index (χ2n) is 3.95. The summed E-state index contributed by atoms with van der Waals surface area (Å²) in [6.07, 6.45) is -5.55. The zero-order valence-electron chi connectivity index (χ0n) is 9.39. The minimum Gasteiger partial charge on any atom is -0.191 e. The Hall–Kier alpha value is -0.870. The molecule has 0 N–H and O–H groups in total. The van der Waals surface area contributed by atoms with Crippen LogP contribution in [0.5, 0.6) is 0 Å². The fourth-order valence-corrected chi connectivity index (χ4v) is 1.83. The molecule has 0 fully saturated rings. The molecule has 16 heavy (non-hydrogen) atoms. The fourth-order valence-electron chi connectivity index (χ4n) is 1.83. The standard InChI is InChI=1S/C11H12F5/c1-5-6(2)8(4)9(7(5)3)10(12,13)11(14,15)16/h1-4H3. The smallest absolute Gasteiger partial charge is 0.191 e. The van der Waals surface area contributed by atoms with Gasteiger partial charge in [0.2, 0.25) is 0 Å². The molecule has 91 valence electrons. The van der Waals surface area contributed by atoms with Crippen LogP contribution in [0.2, 0.25) is 0 Å². The Morgan fingerprint density at radius 1 is 0.688 bits per heavy atom. The van der Waals surface area contributed by atoms with E-state index in [1.165, 1.54) is 13.8 Å². The van der Waals surface area contributed by atoms with E-state index in [-0.39, 0.29) is 11.5 Å². The Kier molecular flexibility index (Phi) is 2.94. The Morgan fingerprint density at radius 3 is 1.38 bits per heavy atom. The second-order valence-corrected chi connectivity index (χ2v) is 3.95. The molecule has 5 heteroatoms. The van der Waals surface area contributed by atoms with E-state index in [0.717, 1.165) is 0 Å². The maximum Gasteiger partial charge on any atom is 0.457 e. The lowest BCUT2D eigenvalue weighted by Crippen LogP contribution is -2.39. The first-order valence-corrected chi connectivity index (χ1v) is 4.69. The first-order valence-electron chi connectivity index (χ1n) is 4.69. The minimum absolute atomic E-state index is 0.0253. The highest BCUT2D eigenvalue weighted by atomic mass is 19.4. The third-order valence-corrected chi connectivity index (χ3v) is 3.11. The molecule has 1 aliphatic rings. The molecule has 0 amide bonds. The van der Waals surface area contributed by atoms with Crippen molar-refractivity contribution in [2.75, 3.05) is 0 Å². The van der Waals surface area contributed by atoms with Gasteiger partial charge in [-0.25, -0.2) is 0 Å². The van der Waals surface area contributed by atoms with E-state index in [1.807, 2.05) is 0 Å². The summed E-state index contributed by atoms with van der Waals surface area (Å²) < 4.78 is 63.3. The lowest BCUT2D eigenvalue weighted by molar-refractivity contribution is -0.264. The second kappa shape index (κ2) is 3.57. The van der Waals surface area contributed by atoms with E-state index in [4.69, 9.17) is 0 Å². The van der Waals surface area contributed by atoms with Crippen molar-refractivity contribution in [2.24, 2.45) is 0 Å². The highest BCUT2D eigenvalue weighted by Crippen LogP contribution is 2.51. The molecule has 0 aromatic heterocycles. The van der Waals surface area contributed by atoms with Gasteiger partial charge in [0.25, 0.3) is 0 Å². The van der Waals surface area contributed by atoms with Gasteiger partial charge in [-0.05, 0) is 31.9 Å². The molecule has 0 atom stereocenters. The molecule has 0 saturated heterocycles. The normalized spacial score (nSPS) is 20.1. The number of alkyl halides is 5. The van der Waals surface area contributed by atoms with Gasteiger partial charge in [-0.1, -0.05) is 12.5 Å². The predicted molar refractivity (Wildman–Crippen MR) is 51.0 cm³/mol. The van der Waals surface area contributed by atoms with Crippen LogP contribution in [0.3, 0.4) is 0 Å². The molecule has 0 bridgehead atoms. The van der Waals surface area contributed by atoms with Gasteiger partial charge in [-0.2, -0.15) is 22.0 Å². The summed E-state index contributed by atoms with van der Waals surface area (Å²) in [6.45, 7) is 5.69. The Labute approximate surface area is 90.8 Å². The van der Waals surface area contributed by atoms with Crippen molar-refractivity contribution in [3.05, 3.63) is 28.2 Å². The summed E-state index contributed by atoms with van der Waals surface area (Å²) in [5.74, 6) is -4.75. The Morgan fingerprint density at radius 2 is 1.12 bits per heavy atom. The number of hydrogen-bond donors (Lipinski definition) is 0. The molecule has 0 unspecified atom stereocenters. The van der Waals surface area contributed by atoms with E-state index in [1.54, 1.807) is 13.8 Å². The summed E-state index contributed by atoms with van der Waals surface area (Å²) in [4.78, 5) is 0. The highest BCUT2D eigenvalue weighted by molar-refractivity contribution is 5.60. The van der Waals surface area contributed by atoms with Crippen LogP contribution in [-0.4, -0.2) is 12.1 Å². The van der Waals surface area contributed by atoms with E-state index in [9.17, 15) is 22.0 Å². The number of allylic oxidation sites excluding steroid dienone is 4. The monoisotopic (exact) mass is 239 g/mol. The zero-order valence-corrected chi connectivity index (χ0v) is 9.39. The molecule has 0 heterocycles. The van der Waals surface area contributed by atoms with Crippen LogP contribution < -0.4 is 0 Å². The summed E-state index contributed by atoms with van der Waals surface area (Å²) in [5, 5.41) is 0. The van der Waals surface area contributed by atoms with Crippen molar-refractivity contribution in [3.63, 3.8) is 0 Å². The molecule has 1 rings (SSSR count). The van der Waals surface area contributed by atoms with Crippen LogP contribution in [-0.2, 0) is 0 Å². The van der Waals surface area contributed by atoms with Gasteiger partial charge in [0, 0.05) is 11.5 Å². The predicted octanol–water partition coefficient (Wildman–Crippen LogP) is 4.44. The van der Waals surface area contributed by atoms with Gasteiger partial charge in [0.05, 0.1) is 0 Å². The van der Waals surface area contributed by atoms with Crippen molar-refractivity contribution >= 4 is 0 Å². The summed E-state index contributed by atoms with van der Waals surface area (Å²) in [5.41, 5.74) is 0.125. The quantitative estimate of drug-likeness (QED) is 0.593. The average molecular weight is 239 g/mol. The molecular formula is C11H12F5. The third-order valence-electron chi connectivity index (χ3n) is 3.11. The molecule has 1 aliphatic carbocycles. The van der Waals surface area contributed by atoms with E-state index in [2.05, 4.69) is 0 Å². The molecular weight excluding hydrogens is 227 g/mol. The van der Waals surface area contributed by atoms with E-state index in [0.29, 0.717) is 11.1 Å². The van der Waals surface area contributed by atoms with E-state index < -0.39 is 17.7 Å². The van der Waals surface area contributed by atoms with Crippen molar-refractivity contribution < 1.29 is 22.0 Å². The van der Waals surface area contributed by atoms with E-state index >= 15 is 0 Å². The minimum atomic E-state index is -5.55. The van der Waals surface area contributed by atoms with Gasteiger partial charge < -0.3 is 0 Å². The van der Waals surface area contributed by atoms with Gasteiger partial charge in [-0.3, -0.25) is 0 Å². The first kappa shape index (κ1) is 13.2. The van der Waals surface area contributed by atoms with Gasteiger partial charge in [-0.15, -0.1) is 0 Å². The van der Waals surface area contributed by atoms with Crippen molar-refractivity contribution in [3.8, 4) is 0 Å². The topological polar surface area (TPSA) is 0 Å². The molecule has 0 saturated carbocycles. The first-order chi connectivity index (χ1) is 7.01. The summed E-state index contributed by atoms with van der Waals surface area (Å²) >= 11 is 0. The average Bonchev–Trinajstić information content (AvgIpc) is 2.29. The number of hydrogen-bond acceptors (Lipinski definition) is 0. The zero-order chi connectivity index (χ0) is 12.9. The van der Waals surface area contributed by atoms with Crippen LogP contribution in [0.4, 0.5) is 22.0 Å². The van der Waals surface area contributed by atoms with Crippen LogP contribution in [0.1, 0.15) is 27.7 Å². The van der Waals surface area contributed by atoms with Gasteiger partial charge in [0.15, 0.2) is 0 Å². The molecule has 0 aromatic carbocycles. The molecule has 0 aliphatic heterocycles. The molecule has 0 aromatic rings. The van der Waals surface area contributed by atoms with Crippen LogP contribution in [0.15, 0.2) is 22.3 Å². The van der Waals surface area contributed by atoms with Gasteiger partial charge in [0.1, 0.15) is 0 Å². The number of rotatable bonds is 1. The largest absolute Gasteiger partial charge is 0.457 e. The van der Waals surface area contributed by atoms with Crippen molar-refractivity contribution in [1.29, 1.82) is 0 Å². The maximum absolute atomic E-state index is 13.3. The summed E-state index contributed by atoms with van der Waals surface area (Å²) in [7, 11) is 0. The van der Waals surface area contributed by atoms with Crippen molar-refractivity contribution in [2.45, 2.75) is 39.8 Å². The lowest BCUT2D eigenvalue weighted by Gasteiger charge is -2.25. The molecule has 0 spiro atoms. The van der Waals surface area contributed by atoms with Crippen molar-refractivity contribution in [1.82, 2.24) is 0 Å². The lowest BCUT2D eigenvalue weighted by atomic mass is 9.92. The van der Waals surface area contributed by atoms with Crippen LogP contribution >= 0.6 is 0 Å². The Balaban J connectivity index is 3.29. The third kappa shape index (κ3) is 1.66. The fraction of sp³-hybridized carbons (Fsp3) is 0.545.